The average Bonchev–Trinajstić information content (AvgIpc) is 2.84. The smallest absolute Gasteiger partial charge is 0.349 e. The van der Waals surface area contributed by atoms with Crippen LogP contribution in [0.15, 0.2) is 6.07 Å². The molecule has 0 spiro atoms. The minimum absolute atomic E-state index is 0.302. The molecule has 5 nitrogen and oxygen atoms in total. The second-order valence-electron chi connectivity index (χ2n) is 5.10. The summed E-state index contributed by atoms with van der Waals surface area (Å²) in [5, 5.41) is 9.21. The van der Waals surface area contributed by atoms with Crippen molar-refractivity contribution in [3.05, 3.63) is 15.8 Å². The lowest BCUT2D eigenvalue weighted by Gasteiger charge is -2.26. The van der Waals surface area contributed by atoms with Crippen molar-refractivity contribution in [2.24, 2.45) is 0 Å². The first-order valence-electron chi connectivity index (χ1n) is 6.88. The zero-order valence-electron chi connectivity index (χ0n) is 11.9. The predicted molar refractivity (Wildman–Crippen MR) is 78.1 cm³/mol. The number of carbonyl (C=O) groups is 1. The van der Waals surface area contributed by atoms with Gasteiger partial charge in [0.25, 0.3) is 0 Å². The van der Waals surface area contributed by atoms with Crippen molar-refractivity contribution in [2.45, 2.75) is 19.8 Å². The van der Waals surface area contributed by atoms with Gasteiger partial charge in [-0.3, -0.25) is 4.90 Å². The Hall–Kier alpha value is -1.11. The molecule has 0 saturated carbocycles. The average molecular weight is 299 g/mol. The molecule has 0 amide bonds. The van der Waals surface area contributed by atoms with Crippen molar-refractivity contribution in [3.8, 4) is 5.75 Å². The molecule has 1 N–H and O–H groups in total. The van der Waals surface area contributed by atoms with E-state index in [1.165, 1.54) is 11.3 Å². The Morgan fingerprint density at radius 3 is 2.80 bits per heavy atom. The summed E-state index contributed by atoms with van der Waals surface area (Å²) in [7, 11) is 0. The first kappa shape index (κ1) is 15.3. The third kappa shape index (κ3) is 3.94. The van der Waals surface area contributed by atoms with Crippen LogP contribution in [0.5, 0.6) is 5.75 Å². The van der Waals surface area contributed by atoms with Gasteiger partial charge in [-0.1, -0.05) is 13.8 Å². The van der Waals surface area contributed by atoms with Crippen LogP contribution in [0, 0.1) is 0 Å². The first-order valence-corrected chi connectivity index (χ1v) is 7.69. The Morgan fingerprint density at radius 1 is 1.50 bits per heavy atom. The SMILES string of the molecule is CC(C)c1cc(OCCN2CCOCC2)c(C(=O)O)s1. The number of nitrogens with zero attached hydrogens (tertiary/aromatic N) is 1. The highest BCUT2D eigenvalue weighted by molar-refractivity contribution is 7.14. The molecule has 0 unspecified atom stereocenters. The van der Waals surface area contributed by atoms with Crippen LogP contribution >= 0.6 is 11.3 Å². The molecule has 112 valence electrons. The molecule has 1 saturated heterocycles. The molecule has 1 aliphatic heterocycles. The van der Waals surface area contributed by atoms with Gasteiger partial charge in [-0.25, -0.2) is 4.79 Å². The van der Waals surface area contributed by atoms with E-state index in [2.05, 4.69) is 18.7 Å². The monoisotopic (exact) mass is 299 g/mol. The third-order valence-corrected chi connectivity index (χ3v) is 4.65. The molecule has 20 heavy (non-hydrogen) atoms. The van der Waals surface area contributed by atoms with Gasteiger partial charge in [0.1, 0.15) is 12.4 Å². The third-order valence-electron chi connectivity index (χ3n) is 3.25. The number of aromatic carboxylic acids is 1. The lowest BCUT2D eigenvalue weighted by Crippen LogP contribution is -2.38. The Bertz CT molecular complexity index is 452. The standard InChI is InChI=1S/C14H21NO4S/c1-10(2)12-9-11(13(20-12)14(16)17)19-8-5-15-3-6-18-7-4-15/h9-10H,3-8H2,1-2H3,(H,16,17). The predicted octanol–water partition coefficient (Wildman–Crippen LogP) is 2.28. The molecule has 0 aliphatic carbocycles. The van der Waals surface area contributed by atoms with Gasteiger partial charge in [-0.2, -0.15) is 0 Å². The van der Waals surface area contributed by atoms with Crippen LogP contribution in [0.2, 0.25) is 0 Å². The van der Waals surface area contributed by atoms with Crippen molar-refractivity contribution < 1.29 is 19.4 Å². The van der Waals surface area contributed by atoms with Gasteiger partial charge >= 0.3 is 5.97 Å². The van der Waals surface area contributed by atoms with E-state index in [4.69, 9.17) is 9.47 Å². The normalized spacial score (nSPS) is 16.6. The van der Waals surface area contributed by atoms with E-state index >= 15 is 0 Å². The largest absolute Gasteiger partial charge is 0.490 e. The minimum atomic E-state index is -0.914. The highest BCUT2D eigenvalue weighted by atomic mass is 32.1. The van der Waals surface area contributed by atoms with Gasteiger partial charge in [0.15, 0.2) is 4.88 Å². The molecular weight excluding hydrogens is 278 g/mol. The van der Waals surface area contributed by atoms with Crippen molar-refractivity contribution in [3.63, 3.8) is 0 Å². The highest BCUT2D eigenvalue weighted by Gasteiger charge is 2.18. The number of thiophene rings is 1. The maximum atomic E-state index is 11.2. The van der Waals surface area contributed by atoms with Crippen LogP contribution < -0.4 is 4.74 Å². The molecule has 1 aromatic heterocycles. The first-order chi connectivity index (χ1) is 9.58. The minimum Gasteiger partial charge on any atom is -0.490 e. The molecule has 1 aromatic rings. The fourth-order valence-corrected chi connectivity index (χ4v) is 2.99. The van der Waals surface area contributed by atoms with E-state index in [0.717, 1.165) is 37.7 Å². The Balaban J connectivity index is 1.92. The molecule has 0 bridgehead atoms. The van der Waals surface area contributed by atoms with E-state index in [1.807, 2.05) is 6.07 Å². The number of carboxylic acid groups (broad SMARTS) is 1. The van der Waals surface area contributed by atoms with Crippen LogP contribution in [0.25, 0.3) is 0 Å². The molecule has 0 atom stereocenters. The zero-order valence-corrected chi connectivity index (χ0v) is 12.7. The van der Waals surface area contributed by atoms with Crippen LogP contribution in [0.1, 0.15) is 34.3 Å². The molecule has 2 rings (SSSR count). The van der Waals surface area contributed by atoms with Gasteiger partial charge < -0.3 is 14.6 Å². The summed E-state index contributed by atoms with van der Waals surface area (Å²) in [6.07, 6.45) is 0. The van der Waals surface area contributed by atoms with E-state index in [1.54, 1.807) is 0 Å². The maximum Gasteiger partial charge on any atom is 0.349 e. The van der Waals surface area contributed by atoms with Gasteiger partial charge in [0, 0.05) is 24.5 Å². The van der Waals surface area contributed by atoms with Crippen LogP contribution in [0.4, 0.5) is 0 Å². The molecule has 1 fully saturated rings. The summed E-state index contributed by atoms with van der Waals surface area (Å²) < 4.78 is 11.0. The molecule has 1 aliphatic rings. The number of ether oxygens (including phenoxy) is 2. The van der Waals surface area contributed by atoms with Gasteiger partial charge in [0.05, 0.1) is 13.2 Å². The van der Waals surface area contributed by atoms with Crippen molar-refractivity contribution in [1.29, 1.82) is 0 Å². The van der Waals surface area contributed by atoms with E-state index in [9.17, 15) is 9.90 Å². The second kappa shape index (κ2) is 7.06. The summed E-state index contributed by atoms with van der Waals surface area (Å²) in [4.78, 5) is 14.8. The fraction of sp³-hybridized carbons (Fsp3) is 0.643. The lowest BCUT2D eigenvalue weighted by atomic mass is 10.2. The molecule has 2 heterocycles. The zero-order chi connectivity index (χ0) is 14.5. The number of carboxylic acids is 1. The summed E-state index contributed by atoms with van der Waals surface area (Å²) >= 11 is 1.30. The van der Waals surface area contributed by atoms with Crippen molar-refractivity contribution >= 4 is 17.3 Å². The molecule has 0 aromatic carbocycles. The molecule has 0 radical (unpaired) electrons. The lowest BCUT2D eigenvalue weighted by molar-refractivity contribution is 0.0322. The quantitative estimate of drug-likeness (QED) is 0.873. The Kier molecular flexibility index (Phi) is 5.39. The van der Waals surface area contributed by atoms with Crippen LogP contribution in [-0.4, -0.2) is 55.4 Å². The van der Waals surface area contributed by atoms with E-state index in [0.29, 0.717) is 23.2 Å². The number of hydrogen-bond acceptors (Lipinski definition) is 5. The van der Waals surface area contributed by atoms with Gasteiger partial charge in [-0.05, 0) is 12.0 Å². The number of hydrogen-bond donors (Lipinski definition) is 1. The maximum absolute atomic E-state index is 11.2. The summed E-state index contributed by atoms with van der Waals surface area (Å²) in [6.45, 7) is 8.76. The topological polar surface area (TPSA) is 59.0 Å². The van der Waals surface area contributed by atoms with Crippen LogP contribution in [0.3, 0.4) is 0 Å². The molecule has 6 heteroatoms. The fourth-order valence-electron chi connectivity index (χ4n) is 2.04. The van der Waals surface area contributed by atoms with Gasteiger partial charge in [-0.15, -0.1) is 11.3 Å². The molecular formula is C14H21NO4S. The highest BCUT2D eigenvalue weighted by Crippen LogP contribution is 2.33. The van der Waals surface area contributed by atoms with Crippen molar-refractivity contribution in [1.82, 2.24) is 4.90 Å². The number of morpholine rings is 1. The summed E-state index contributed by atoms with van der Waals surface area (Å²) in [5.74, 6) is -0.0996. The number of rotatable bonds is 6. The Labute approximate surface area is 123 Å². The van der Waals surface area contributed by atoms with Gasteiger partial charge in [0.2, 0.25) is 0 Å². The van der Waals surface area contributed by atoms with Crippen LogP contribution in [-0.2, 0) is 4.74 Å². The summed E-state index contributed by atoms with van der Waals surface area (Å²) in [6, 6.07) is 1.86. The van der Waals surface area contributed by atoms with E-state index in [-0.39, 0.29) is 0 Å². The van der Waals surface area contributed by atoms with E-state index < -0.39 is 5.97 Å². The Morgan fingerprint density at radius 2 is 2.20 bits per heavy atom. The second-order valence-corrected chi connectivity index (χ2v) is 6.19. The van der Waals surface area contributed by atoms with Crippen molar-refractivity contribution in [2.75, 3.05) is 39.5 Å². The summed E-state index contributed by atoms with van der Waals surface area (Å²) in [5.41, 5.74) is 0.